The molecular formula is C16H22N4O. The second-order valence-electron chi connectivity index (χ2n) is 5.54. The standard InChI is InChI=1S/C16H22N4O/c1-11(2)15-14(6-5-12(3)19-15)16(21)18-8-7-13-9-17-10-20(13)4/h5-6,9-11H,7-8H2,1-4H3,(H,18,21). The number of carbonyl (C=O) groups excluding carboxylic acids is 1. The maximum Gasteiger partial charge on any atom is 0.253 e. The summed E-state index contributed by atoms with van der Waals surface area (Å²) >= 11 is 0. The topological polar surface area (TPSA) is 59.8 Å². The molecule has 2 aromatic heterocycles. The molecule has 21 heavy (non-hydrogen) atoms. The molecule has 0 fully saturated rings. The highest BCUT2D eigenvalue weighted by atomic mass is 16.1. The Bertz CT molecular complexity index is 631. The van der Waals surface area contributed by atoms with Gasteiger partial charge in [-0.05, 0) is 25.0 Å². The van der Waals surface area contributed by atoms with Crippen molar-refractivity contribution in [3.8, 4) is 0 Å². The predicted molar refractivity (Wildman–Crippen MR) is 82.3 cm³/mol. The zero-order valence-electron chi connectivity index (χ0n) is 13.1. The maximum absolute atomic E-state index is 12.3. The lowest BCUT2D eigenvalue weighted by molar-refractivity contribution is 0.0952. The summed E-state index contributed by atoms with van der Waals surface area (Å²) in [5, 5.41) is 2.96. The molecule has 5 heteroatoms. The number of carbonyl (C=O) groups is 1. The summed E-state index contributed by atoms with van der Waals surface area (Å²) < 4.78 is 1.96. The first-order valence-corrected chi connectivity index (χ1v) is 7.20. The van der Waals surface area contributed by atoms with E-state index in [0.717, 1.165) is 23.5 Å². The third kappa shape index (κ3) is 3.68. The number of pyridine rings is 1. The average Bonchev–Trinajstić information content (AvgIpc) is 2.84. The van der Waals surface area contributed by atoms with Crippen molar-refractivity contribution in [2.45, 2.75) is 33.1 Å². The van der Waals surface area contributed by atoms with Gasteiger partial charge in [0, 0.05) is 37.6 Å². The molecule has 0 aliphatic carbocycles. The van der Waals surface area contributed by atoms with Crippen LogP contribution in [0, 0.1) is 6.92 Å². The Morgan fingerprint density at radius 3 is 2.76 bits per heavy atom. The first-order valence-electron chi connectivity index (χ1n) is 7.20. The van der Waals surface area contributed by atoms with E-state index in [1.165, 1.54) is 0 Å². The zero-order chi connectivity index (χ0) is 15.4. The lowest BCUT2D eigenvalue weighted by Gasteiger charge is -2.12. The Hall–Kier alpha value is -2.17. The van der Waals surface area contributed by atoms with E-state index in [2.05, 4.69) is 15.3 Å². The Balaban J connectivity index is 2.02. The van der Waals surface area contributed by atoms with Crippen molar-refractivity contribution < 1.29 is 4.79 Å². The Labute approximate surface area is 125 Å². The molecule has 0 radical (unpaired) electrons. The first-order chi connectivity index (χ1) is 9.99. The molecule has 0 atom stereocenters. The number of nitrogens with one attached hydrogen (secondary N) is 1. The summed E-state index contributed by atoms with van der Waals surface area (Å²) in [6.45, 7) is 6.63. The molecule has 1 N–H and O–H groups in total. The quantitative estimate of drug-likeness (QED) is 0.917. The van der Waals surface area contributed by atoms with Crippen LogP contribution in [0.1, 0.15) is 47.2 Å². The number of aryl methyl sites for hydroxylation is 2. The lowest BCUT2D eigenvalue weighted by atomic mass is 10.0. The monoisotopic (exact) mass is 286 g/mol. The van der Waals surface area contributed by atoms with Crippen molar-refractivity contribution in [2.24, 2.45) is 7.05 Å². The minimum atomic E-state index is -0.0617. The van der Waals surface area contributed by atoms with Gasteiger partial charge in [-0.25, -0.2) is 4.98 Å². The molecule has 2 rings (SSSR count). The van der Waals surface area contributed by atoms with Gasteiger partial charge >= 0.3 is 0 Å². The van der Waals surface area contributed by atoms with Crippen LogP contribution < -0.4 is 5.32 Å². The van der Waals surface area contributed by atoms with E-state index in [9.17, 15) is 4.79 Å². The van der Waals surface area contributed by atoms with Gasteiger partial charge in [0.05, 0.1) is 17.6 Å². The number of nitrogens with zero attached hydrogens (tertiary/aromatic N) is 3. The van der Waals surface area contributed by atoms with Crippen molar-refractivity contribution in [1.29, 1.82) is 0 Å². The minimum Gasteiger partial charge on any atom is -0.352 e. The van der Waals surface area contributed by atoms with Crippen LogP contribution in [0.4, 0.5) is 0 Å². The van der Waals surface area contributed by atoms with Gasteiger partial charge in [0.15, 0.2) is 0 Å². The van der Waals surface area contributed by atoms with E-state index in [4.69, 9.17) is 0 Å². The lowest BCUT2D eigenvalue weighted by Crippen LogP contribution is -2.27. The molecule has 0 unspecified atom stereocenters. The van der Waals surface area contributed by atoms with Crippen molar-refractivity contribution in [3.05, 3.63) is 47.3 Å². The summed E-state index contributed by atoms with van der Waals surface area (Å²) in [6.07, 6.45) is 4.34. The van der Waals surface area contributed by atoms with Crippen LogP contribution in [0.2, 0.25) is 0 Å². The van der Waals surface area contributed by atoms with Crippen molar-refractivity contribution in [1.82, 2.24) is 19.9 Å². The van der Waals surface area contributed by atoms with Crippen LogP contribution in [-0.2, 0) is 13.5 Å². The Kier molecular flexibility index (Phi) is 4.73. The first kappa shape index (κ1) is 15.2. The van der Waals surface area contributed by atoms with E-state index in [1.54, 1.807) is 6.33 Å². The van der Waals surface area contributed by atoms with Crippen LogP contribution in [0.25, 0.3) is 0 Å². The Morgan fingerprint density at radius 2 is 2.14 bits per heavy atom. The molecule has 0 aliphatic rings. The molecular weight excluding hydrogens is 264 g/mol. The molecule has 112 valence electrons. The minimum absolute atomic E-state index is 0.0617. The average molecular weight is 286 g/mol. The molecule has 0 spiro atoms. The molecule has 0 bridgehead atoms. The fraction of sp³-hybridized carbons (Fsp3) is 0.438. The van der Waals surface area contributed by atoms with Crippen molar-refractivity contribution in [2.75, 3.05) is 6.54 Å². The van der Waals surface area contributed by atoms with Gasteiger partial charge in [0.2, 0.25) is 0 Å². The molecule has 2 heterocycles. The molecule has 2 aromatic rings. The van der Waals surface area contributed by atoms with Gasteiger partial charge < -0.3 is 9.88 Å². The second kappa shape index (κ2) is 6.52. The van der Waals surface area contributed by atoms with Gasteiger partial charge in [-0.3, -0.25) is 9.78 Å². The second-order valence-corrected chi connectivity index (χ2v) is 5.54. The van der Waals surface area contributed by atoms with Gasteiger partial charge in [-0.2, -0.15) is 0 Å². The fourth-order valence-corrected chi connectivity index (χ4v) is 2.23. The molecule has 1 amide bonds. The smallest absolute Gasteiger partial charge is 0.253 e. The van der Waals surface area contributed by atoms with Gasteiger partial charge in [-0.1, -0.05) is 13.8 Å². The largest absolute Gasteiger partial charge is 0.352 e. The number of amides is 1. The van der Waals surface area contributed by atoms with E-state index >= 15 is 0 Å². The van der Waals surface area contributed by atoms with Crippen LogP contribution in [0.15, 0.2) is 24.7 Å². The number of imidazole rings is 1. The summed E-state index contributed by atoms with van der Waals surface area (Å²) in [4.78, 5) is 20.9. The highest BCUT2D eigenvalue weighted by molar-refractivity contribution is 5.95. The van der Waals surface area contributed by atoms with Crippen molar-refractivity contribution in [3.63, 3.8) is 0 Å². The van der Waals surface area contributed by atoms with E-state index in [-0.39, 0.29) is 11.8 Å². The third-order valence-electron chi connectivity index (χ3n) is 3.44. The molecule has 0 aliphatic heterocycles. The van der Waals surface area contributed by atoms with E-state index in [0.29, 0.717) is 12.1 Å². The number of hydrogen-bond acceptors (Lipinski definition) is 3. The van der Waals surface area contributed by atoms with Crippen LogP contribution >= 0.6 is 0 Å². The van der Waals surface area contributed by atoms with E-state index in [1.807, 2.05) is 50.7 Å². The van der Waals surface area contributed by atoms with Crippen LogP contribution in [-0.4, -0.2) is 27.0 Å². The highest BCUT2D eigenvalue weighted by Gasteiger charge is 2.15. The summed E-state index contributed by atoms with van der Waals surface area (Å²) in [5.41, 5.74) is 3.56. The van der Waals surface area contributed by atoms with Crippen LogP contribution in [0.3, 0.4) is 0 Å². The highest BCUT2D eigenvalue weighted by Crippen LogP contribution is 2.17. The summed E-state index contributed by atoms with van der Waals surface area (Å²) in [5.74, 6) is 0.163. The number of hydrogen-bond donors (Lipinski definition) is 1. The SMILES string of the molecule is Cc1ccc(C(=O)NCCc2cncn2C)c(C(C)C)n1. The molecule has 5 nitrogen and oxygen atoms in total. The molecule has 0 aromatic carbocycles. The fourth-order valence-electron chi connectivity index (χ4n) is 2.23. The van der Waals surface area contributed by atoms with E-state index < -0.39 is 0 Å². The van der Waals surface area contributed by atoms with Crippen LogP contribution in [0.5, 0.6) is 0 Å². The number of aromatic nitrogens is 3. The predicted octanol–water partition coefficient (Wildman–Crippen LogP) is 2.22. The zero-order valence-corrected chi connectivity index (χ0v) is 13.1. The van der Waals surface area contributed by atoms with Gasteiger partial charge in [0.25, 0.3) is 5.91 Å². The van der Waals surface area contributed by atoms with Gasteiger partial charge in [0.1, 0.15) is 0 Å². The van der Waals surface area contributed by atoms with Crippen molar-refractivity contribution >= 4 is 5.91 Å². The number of rotatable bonds is 5. The summed E-state index contributed by atoms with van der Waals surface area (Å²) in [7, 11) is 1.95. The third-order valence-corrected chi connectivity index (χ3v) is 3.44. The summed E-state index contributed by atoms with van der Waals surface area (Å²) in [6, 6.07) is 3.74. The molecule has 0 saturated heterocycles. The van der Waals surface area contributed by atoms with Gasteiger partial charge in [-0.15, -0.1) is 0 Å². The Morgan fingerprint density at radius 1 is 1.38 bits per heavy atom. The maximum atomic E-state index is 12.3. The normalized spacial score (nSPS) is 10.9. The molecule has 0 saturated carbocycles.